The number of carbonyl (C=O) groups excluding carboxylic acids is 1. The minimum Gasteiger partial charge on any atom is -0.356 e. The normalized spacial score (nSPS) is 18.2. The van der Waals surface area contributed by atoms with Crippen LogP contribution in [0.1, 0.15) is 70.6 Å². The van der Waals surface area contributed by atoms with Crippen molar-refractivity contribution in [1.29, 1.82) is 0 Å². The molecule has 0 fully saturated rings. The Morgan fingerprint density at radius 3 is 2.22 bits per heavy atom. The van der Waals surface area contributed by atoms with E-state index in [0.29, 0.717) is 32.4 Å². The molecule has 0 aliphatic carbocycles. The number of hydrogen-bond donors (Lipinski definition) is 3. The van der Waals surface area contributed by atoms with Gasteiger partial charge in [0, 0.05) is 41.7 Å². The van der Waals surface area contributed by atoms with Crippen molar-refractivity contribution in [3.63, 3.8) is 0 Å². The second-order valence-electron chi connectivity index (χ2n) is 11.9. The fourth-order valence-corrected chi connectivity index (χ4v) is 6.90. The Kier molecular flexibility index (Phi) is 11.1. The third-order valence-electron chi connectivity index (χ3n) is 8.53. The van der Waals surface area contributed by atoms with Gasteiger partial charge < -0.3 is 10.2 Å². The summed E-state index contributed by atoms with van der Waals surface area (Å²) < 4.78 is 66.8. The Hall–Kier alpha value is -3.51. The van der Waals surface area contributed by atoms with Crippen molar-refractivity contribution in [1.82, 2.24) is 5.32 Å². The fourth-order valence-electron chi connectivity index (χ4n) is 5.88. The molecule has 9 nitrogen and oxygen atoms in total. The van der Waals surface area contributed by atoms with E-state index >= 15 is 0 Å². The number of rotatable bonds is 13. The maximum Gasteiger partial charge on any atom is 0.294 e. The van der Waals surface area contributed by atoms with E-state index in [1.165, 1.54) is 24.3 Å². The van der Waals surface area contributed by atoms with Crippen LogP contribution in [0.4, 0.5) is 5.69 Å². The second-order valence-corrected chi connectivity index (χ2v) is 14.8. The van der Waals surface area contributed by atoms with Gasteiger partial charge in [0.15, 0.2) is 0 Å². The largest absolute Gasteiger partial charge is 0.356 e. The highest BCUT2D eigenvalue weighted by molar-refractivity contribution is 7.86. The van der Waals surface area contributed by atoms with Crippen molar-refractivity contribution in [3.8, 4) is 0 Å². The van der Waals surface area contributed by atoms with Gasteiger partial charge in [-0.2, -0.15) is 16.8 Å². The van der Waals surface area contributed by atoms with E-state index in [1.54, 1.807) is 12.1 Å². The van der Waals surface area contributed by atoms with Crippen LogP contribution in [0.25, 0.3) is 0 Å². The molecular weight excluding hydrogens is 613 g/mol. The molecule has 0 bridgehead atoms. The molecule has 1 unspecified atom stereocenters. The molecule has 1 aliphatic heterocycles. The van der Waals surface area contributed by atoms with E-state index in [-0.39, 0.29) is 15.7 Å². The number of nitrogens with one attached hydrogen (secondary N) is 1. The lowest BCUT2D eigenvalue weighted by Gasteiger charge is -2.30. The number of benzene rings is 2. The number of fused-ring (bicyclic) bond motifs is 1. The zero-order chi connectivity index (χ0) is 33.8. The summed E-state index contributed by atoms with van der Waals surface area (Å²) in [7, 11) is -8.76. The zero-order valence-electron chi connectivity index (χ0n) is 26.8. The van der Waals surface area contributed by atoms with Gasteiger partial charge in [-0.1, -0.05) is 50.8 Å². The molecule has 1 heterocycles. The highest BCUT2D eigenvalue weighted by atomic mass is 32.2. The van der Waals surface area contributed by atoms with Crippen LogP contribution in [0.15, 0.2) is 94.4 Å². The summed E-state index contributed by atoms with van der Waals surface area (Å²) in [6, 6.07) is 9.13. The molecule has 0 saturated heterocycles. The van der Waals surface area contributed by atoms with E-state index in [9.17, 15) is 30.7 Å². The van der Waals surface area contributed by atoms with E-state index in [2.05, 4.69) is 16.8 Å². The minimum atomic E-state index is -4.41. The van der Waals surface area contributed by atoms with Crippen molar-refractivity contribution in [3.05, 3.63) is 101 Å². The van der Waals surface area contributed by atoms with E-state index in [4.69, 9.17) is 0 Å². The van der Waals surface area contributed by atoms with Crippen LogP contribution in [-0.4, -0.2) is 44.9 Å². The summed E-state index contributed by atoms with van der Waals surface area (Å²) in [6.45, 7) is 17.0. The predicted octanol–water partition coefficient (Wildman–Crippen LogP) is 6.42. The van der Waals surface area contributed by atoms with Crippen LogP contribution in [0.3, 0.4) is 0 Å². The minimum absolute atomic E-state index is 0.0445. The summed E-state index contributed by atoms with van der Waals surface area (Å²) >= 11 is 0. The van der Waals surface area contributed by atoms with E-state index in [0.717, 1.165) is 33.6 Å². The first kappa shape index (κ1) is 36.0. The summed E-state index contributed by atoms with van der Waals surface area (Å²) in [5.41, 5.74) is 3.61. The number of aryl methyl sites for hydroxylation is 1. The van der Waals surface area contributed by atoms with E-state index in [1.807, 2.05) is 71.9 Å². The molecular formula is C34H44N2O7S2. The second kappa shape index (κ2) is 13.9. The number of nitrogens with zero attached hydrogens (tertiary/aromatic N) is 1. The van der Waals surface area contributed by atoms with Crippen molar-refractivity contribution >= 4 is 31.8 Å². The van der Waals surface area contributed by atoms with Gasteiger partial charge in [-0.3, -0.25) is 13.9 Å². The number of anilines is 1. The molecule has 3 N–H and O–H groups in total. The first-order valence-electron chi connectivity index (χ1n) is 14.9. The molecule has 45 heavy (non-hydrogen) atoms. The molecule has 1 aliphatic rings. The molecule has 0 spiro atoms. The van der Waals surface area contributed by atoms with Gasteiger partial charge in [0.2, 0.25) is 5.91 Å². The van der Waals surface area contributed by atoms with Crippen LogP contribution in [-0.2, 0) is 35.9 Å². The molecule has 11 heteroatoms. The molecule has 0 aromatic heterocycles. The van der Waals surface area contributed by atoms with Crippen molar-refractivity contribution in [2.45, 2.75) is 81.4 Å². The lowest BCUT2D eigenvalue weighted by atomic mass is 9.76. The molecule has 1 atom stereocenters. The molecule has 244 valence electrons. The molecule has 3 rings (SSSR count). The molecule has 0 radical (unpaired) electrons. The van der Waals surface area contributed by atoms with Crippen LogP contribution in [0.5, 0.6) is 0 Å². The highest BCUT2D eigenvalue weighted by Gasteiger charge is 2.43. The molecule has 2 aromatic carbocycles. The molecule has 1 amide bonds. The molecule has 0 saturated carbocycles. The SMILES string of the molecule is C=C(/C=C/C=C/C=C1/N(CC)c2ccc(S(=O)(=O)O)cc2C1(C)CCCC(=O)NCC)C(C)(C)c1cc(S(=O)(=O)O)ccc1C. The Balaban J connectivity index is 1.94. The molecule has 2 aromatic rings. The van der Waals surface area contributed by atoms with E-state index < -0.39 is 31.1 Å². The third-order valence-corrected chi connectivity index (χ3v) is 10.2. The summed E-state index contributed by atoms with van der Waals surface area (Å²) in [5.74, 6) is -0.0445. The van der Waals surface area contributed by atoms with Gasteiger partial charge in [-0.25, -0.2) is 0 Å². The maximum atomic E-state index is 12.2. The van der Waals surface area contributed by atoms with Crippen LogP contribution in [0.2, 0.25) is 0 Å². The fraction of sp³-hybridized carbons (Fsp3) is 0.382. The van der Waals surface area contributed by atoms with Gasteiger partial charge in [0.1, 0.15) is 0 Å². The average molecular weight is 657 g/mol. The maximum absolute atomic E-state index is 12.2. The average Bonchev–Trinajstić information content (AvgIpc) is 3.18. The first-order valence-corrected chi connectivity index (χ1v) is 17.8. The number of allylic oxidation sites excluding steroid dienone is 7. The van der Waals surface area contributed by atoms with Gasteiger partial charge in [-0.15, -0.1) is 0 Å². The van der Waals surface area contributed by atoms with Gasteiger partial charge in [0.05, 0.1) is 9.79 Å². The Morgan fingerprint density at radius 2 is 1.62 bits per heavy atom. The van der Waals surface area contributed by atoms with Gasteiger partial charge in [0.25, 0.3) is 20.2 Å². The number of likely N-dealkylation sites (N-methyl/N-ethyl adjacent to an activating group) is 1. The Bertz CT molecular complexity index is 1770. The smallest absolute Gasteiger partial charge is 0.294 e. The lowest BCUT2D eigenvalue weighted by Crippen LogP contribution is -2.29. The Morgan fingerprint density at radius 1 is 1.00 bits per heavy atom. The number of carbonyl (C=O) groups is 1. The van der Waals surface area contributed by atoms with Gasteiger partial charge in [-0.05, 0) is 99.2 Å². The predicted molar refractivity (Wildman–Crippen MR) is 179 cm³/mol. The van der Waals surface area contributed by atoms with Crippen LogP contribution in [0, 0.1) is 6.92 Å². The van der Waals surface area contributed by atoms with Crippen LogP contribution < -0.4 is 10.2 Å². The van der Waals surface area contributed by atoms with Crippen molar-refractivity contribution in [2.24, 2.45) is 0 Å². The summed E-state index contributed by atoms with van der Waals surface area (Å²) in [4.78, 5) is 13.9. The number of amides is 1. The lowest BCUT2D eigenvalue weighted by molar-refractivity contribution is -0.121. The first-order chi connectivity index (χ1) is 20.9. The third kappa shape index (κ3) is 8.02. The van der Waals surface area contributed by atoms with Crippen molar-refractivity contribution in [2.75, 3.05) is 18.0 Å². The highest BCUT2D eigenvalue weighted by Crippen LogP contribution is 2.51. The standard InChI is InChI=1S/C34H44N2O7S2/c1-8-35-32(37)16-13-21-34(7)29-23-27(45(41,42)43)19-20-30(29)36(9-2)31(34)15-12-10-11-14-25(4)33(5,6)28-22-26(44(38,39)40)18-17-24(28)3/h10-12,14-15,17-20,22-23H,4,8-9,13,16,21H2,1-3,5-7H3,(H,35,37)(H,38,39,40)(H,41,42,43)/b12-10+,14-11+,31-15+. The van der Waals surface area contributed by atoms with Crippen LogP contribution >= 0.6 is 0 Å². The monoisotopic (exact) mass is 656 g/mol. The number of hydrogen-bond acceptors (Lipinski definition) is 6. The van der Waals surface area contributed by atoms with Crippen molar-refractivity contribution < 1.29 is 30.7 Å². The Labute approximate surface area is 267 Å². The zero-order valence-corrected chi connectivity index (χ0v) is 28.4. The summed E-state index contributed by atoms with van der Waals surface area (Å²) in [5, 5.41) is 2.81. The topological polar surface area (TPSA) is 141 Å². The quantitative estimate of drug-likeness (QED) is 0.166. The van der Waals surface area contributed by atoms with Gasteiger partial charge >= 0.3 is 0 Å². The summed E-state index contributed by atoms with van der Waals surface area (Å²) in [6.07, 6.45) is 10.9.